The van der Waals surface area contributed by atoms with E-state index in [1.807, 2.05) is 6.07 Å². The lowest BCUT2D eigenvalue weighted by Crippen LogP contribution is -1.96. The Kier molecular flexibility index (Phi) is 3.25. The summed E-state index contributed by atoms with van der Waals surface area (Å²) in [4.78, 5) is 0. The lowest BCUT2D eigenvalue weighted by molar-refractivity contribution is 0.372. The molecule has 0 aliphatic heterocycles. The van der Waals surface area contributed by atoms with Crippen molar-refractivity contribution in [2.75, 3.05) is 12.8 Å². The first kappa shape index (κ1) is 11.7. The van der Waals surface area contributed by atoms with Gasteiger partial charge in [-0.05, 0) is 18.2 Å². The molecule has 0 unspecified atom stereocenters. The molecular weight excluding hydrogens is 232 g/mol. The van der Waals surface area contributed by atoms with Crippen LogP contribution in [0.3, 0.4) is 0 Å². The van der Waals surface area contributed by atoms with Crippen LogP contribution in [0.4, 0.5) is 5.69 Å². The number of nitrogen functional groups attached to an aromatic ring is 1. The van der Waals surface area contributed by atoms with Crippen LogP contribution in [-0.2, 0) is 0 Å². The Bertz CT molecular complexity index is 607. The molecule has 90 valence electrons. The van der Waals surface area contributed by atoms with Crippen molar-refractivity contribution in [2.24, 2.45) is 0 Å². The molecule has 1 aromatic carbocycles. The van der Waals surface area contributed by atoms with Gasteiger partial charge in [0.2, 0.25) is 0 Å². The molecule has 0 atom stereocenters. The van der Waals surface area contributed by atoms with Gasteiger partial charge in [-0.2, -0.15) is 10.4 Å². The van der Waals surface area contributed by atoms with Gasteiger partial charge >= 0.3 is 0 Å². The quantitative estimate of drug-likeness (QED) is 0.823. The van der Waals surface area contributed by atoms with E-state index in [9.17, 15) is 0 Å². The number of nitriles is 1. The molecule has 1 heterocycles. The number of ether oxygens (including phenoxy) is 2. The van der Waals surface area contributed by atoms with Crippen LogP contribution < -0.4 is 15.2 Å². The Balaban J connectivity index is 2.37. The lowest BCUT2D eigenvalue weighted by atomic mass is 10.3. The normalized spacial score (nSPS) is 9.56. The van der Waals surface area contributed by atoms with Gasteiger partial charge in [-0.3, -0.25) is 0 Å². The molecule has 2 N–H and O–H groups in total. The number of aromatic nitrogens is 2. The molecule has 6 nitrogen and oxygen atoms in total. The standard InChI is InChI=1S/C12H10N4O2/c1-17-11-6-9(14)2-3-10(11)18-12-8(7-13)4-5-15-16-12/h2-6H,14H2,1H3. The molecule has 0 amide bonds. The van der Waals surface area contributed by atoms with Gasteiger partial charge in [0.1, 0.15) is 11.6 Å². The highest BCUT2D eigenvalue weighted by Gasteiger charge is 2.10. The van der Waals surface area contributed by atoms with Crippen LogP contribution in [-0.4, -0.2) is 17.3 Å². The van der Waals surface area contributed by atoms with Gasteiger partial charge in [0.25, 0.3) is 5.88 Å². The second-order valence-electron chi connectivity index (χ2n) is 3.37. The number of benzene rings is 1. The van der Waals surface area contributed by atoms with E-state index in [0.717, 1.165) is 0 Å². The van der Waals surface area contributed by atoms with Gasteiger partial charge in [-0.1, -0.05) is 0 Å². The molecule has 0 bridgehead atoms. The first-order chi connectivity index (χ1) is 8.74. The van der Waals surface area contributed by atoms with E-state index in [1.165, 1.54) is 19.4 Å². The highest BCUT2D eigenvalue weighted by molar-refractivity contribution is 5.53. The van der Waals surface area contributed by atoms with Gasteiger partial charge in [0.05, 0.1) is 13.3 Å². The Labute approximate surface area is 104 Å². The number of anilines is 1. The highest BCUT2D eigenvalue weighted by Crippen LogP contribution is 2.32. The van der Waals surface area contributed by atoms with Crippen LogP contribution in [0.15, 0.2) is 30.5 Å². The summed E-state index contributed by atoms with van der Waals surface area (Å²) in [7, 11) is 1.50. The maximum absolute atomic E-state index is 8.92. The number of nitrogens with two attached hydrogens (primary N) is 1. The monoisotopic (exact) mass is 242 g/mol. The topological polar surface area (TPSA) is 94.1 Å². The molecule has 1 aromatic heterocycles. The van der Waals surface area contributed by atoms with E-state index in [0.29, 0.717) is 22.7 Å². The van der Waals surface area contributed by atoms with Crippen LogP contribution in [0, 0.1) is 11.3 Å². The number of hydrogen-bond donors (Lipinski definition) is 1. The second-order valence-corrected chi connectivity index (χ2v) is 3.37. The minimum atomic E-state index is 0.128. The number of hydrogen-bond acceptors (Lipinski definition) is 6. The highest BCUT2D eigenvalue weighted by atomic mass is 16.5. The molecule has 0 saturated carbocycles. The Morgan fingerprint density at radius 1 is 1.28 bits per heavy atom. The largest absolute Gasteiger partial charge is 0.493 e. The third-order valence-electron chi connectivity index (χ3n) is 2.20. The van der Waals surface area contributed by atoms with Gasteiger partial charge in [-0.25, -0.2) is 0 Å². The van der Waals surface area contributed by atoms with E-state index >= 15 is 0 Å². The maximum Gasteiger partial charge on any atom is 0.257 e. The molecule has 0 aliphatic carbocycles. The Morgan fingerprint density at radius 3 is 2.83 bits per heavy atom. The van der Waals surface area contributed by atoms with Crippen molar-refractivity contribution in [3.63, 3.8) is 0 Å². The summed E-state index contributed by atoms with van der Waals surface area (Å²) in [5.41, 5.74) is 6.49. The van der Waals surface area contributed by atoms with E-state index < -0.39 is 0 Å². The maximum atomic E-state index is 8.92. The summed E-state index contributed by atoms with van der Waals surface area (Å²) in [5.74, 6) is 1.01. The number of rotatable bonds is 3. The van der Waals surface area contributed by atoms with Crippen molar-refractivity contribution in [3.8, 4) is 23.4 Å². The minimum Gasteiger partial charge on any atom is -0.493 e. The zero-order chi connectivity index (χ0) is 13.0. The van der Waals surface area contributed by atoms with Crippen LogP contribution >= 0.6 is 0 Å². The van der Waals surface area contributed by atoms with Crippen molar-refractivity contribution in [2.45, 2.75) is 0 Å². The van der Waals surface area contributed by atoms with Crippen molar-refractivity contribution < 1.29 is 9.47 Å². The fourth-order valence-electron chi connectivity index (χ4n) is 1.35. The smallest absolute Gasteiger partial charge is 0.257 e. The van der Waals surface area contributed by atoms with E-state index in [1.54, 1.807) is 18.2 Å². The van der Waals surface area contributed by atoms with E-state index in [2.05, 4.69) is 10.2 Å². The van der Waals surface area contributed by atoms with E-state index in [4.69, 9.17) is 20.5 Å². The Morgan fingerprint density at radius 2 is 2.11 bits per heavy atom. The average molecular weight is 242 g/mol. The van der Waals surface area contributed by atoms with Gasteiger partial charge in [-0.15, -0.1) is 5.10 Å². The molecule has 0 saturated heterocycles. The average Bonchev–Trinajstić information content (AvgIpc) is 2.41. The van der Waals surface area contributed by atoms with Crippen LogP contribution in [0.2, 0.25) is 0 Å². The number of nitrogens with zero attached hydrogens (tertiary/aromatic N) is 3. The fourth-order valence-corrected chi connectivity index (χ4v) is 1.35. The molecule has 0 fully saturated rings. The zero-order valence-corrected chi connectivity index (χ0v) is 9.62. The second kappa shape index (κ2) is 5.01. The summed E-state index contributed by atoms with van der Waals surface area (Å²) in [5, 5.41) is 16.4. The first-order valence-corrected chi connectivity index (χ1v) is 5.07. The molecule has 2 rings (SSSR count). The summed E-state index contributed by atoms with van der Waals surface area (Å²) in [6.07, 6.45) is 1.42. The number of methoxy groups -OCH3 is 1. The molecule has 18 heavy (non-hydrogen) atoms. The molecule has 6 heteroatoms. The molecule has 0 radical (unpaired) electrons. The van der Waals surface area contributed by atoms with Crippen molar-refractivity contribution in [1.29, 1.82) is 5.26 Å². The third-order valence-corrected chi connectivity index (χ3v) is 2.20. The van der Waals surface area contributed by atoms with Crippen LogP contribution in [0.1, 0.15) is 5.56 Å². The zero-order valence-electron chi connectivity index (χ0n) is 9.62. The van der Waals surface area contributed by atoms with Crippen molar-refractivity contribution in [1.82, 2.24) is 10.2 Å². The molecule has 2 aromatic rings. The van der Waals surface area contributed by atoms with Gasteiger partial charge in [0.15, 0.2) is 11.5 Å². The van der Waals surface area contributed by atoms with E-state index in [-0.39, 0.29) is 5.88 Å². The van der Waals surface area contributed by atoms with Gasteiger partial charge < -0.3 is 15.2 Å². The molecule has 0 aliphatic rings. The molecule has 0 spiro atoms. The summed E-state index contributed by atoms with van der Waals surface area (Å²) in [6.45, 7) is 0. The Hall–Kier alpha value is -2.81. The molecular formula is C12H10N4O2. The van der Waals surface area contributed by atoms with Crippen molar-refractivity contribution in [3.05, 3.63) is 36.0 Å². The summed E-state index contributed by atoms with van der Waals surface area (Å²) >= 11 is 0. The van der Waals surface area contributed by atoms with Crippen LogP contribution in [0.25, 0.3) is 0 Å². The predicted molar refractivity (Wildman–Crippen MR) is 64.2 cm³/mol. The summed E-state index contributed by atoms with van der Waals surface area (Å²) in [6, 6.07) is 8.42. The fraction of sp³-hybridized carbons (Fsp3) is 0.0833. The van der Waals surface area contributed by atoms with Crippen LogP contribution in [0.5, 0.6) is 17.4 Å². The summed E-state index contributed by atoms with van der Waals surface area (Å²) < 4.78 is 10.6. The minimum absolute atomic E-state index is 0.128. The van der Waals surface area contributed by atoms with Gasteiger partial charge in [0, 0.05) is 11.8 Å². The first-order valence-electron chi connectivity index (χ1n) is 5.07. The predicted octanol–water partition coefficient (Wildman–Crippen LogP) is 1.73. The third kappa shape index (κ3) is 2.30. The SMILES string of the molecule is COc1cc(N)ccc1Oc1nnccc1C#N. The van der Waals surface area contributed by atoms with Crippen molar-refractivity contribution >= 4 is 5.69 Å². The lowest BCUT2D eigenvalue weighted by Gasteiger charge is -2.10.